The molecule has 5 heteroatoms. The zero-order chi connectivity index (χ0) is 15.9. The van der Waals surface area contributed by atoms with Crippen molar-refractivity contribution in [2.75, 3.05) is 26.2 Å². The van der Waals surface area contributed by atoms with Crippen LogP contribution in [0.25, 0.3) is 0 Å². The maximum absolute atomic E-state index is 12.3. The van der Waals surface area contributed by atoms with Crippen LogP contribution in [0.2, 0.25) is 0 Å². The van der Waals surface area contributed by atoms with Crippen molar-refractivity contribution < 1.29 is 14.3 Å². The van der Waals surface area contributed by atoms with Crippen LogP contribution in [0.15, 0.2) is 24.3 Å². The van der Waals surface area contributed by atoms with E-state index in [0.29, 0.717) is 30.8 Å². The summed E-state index contributed by atoms with van der Waals surface area (Å²) in [5.41, 5.74) is 1.13. The fraction of sp³-hybridized carbons (Fsp3) is 0.471. The highest BCUT2D eigenvalue weighted by atomic mass is 16.5. The Morgan fingerprint density at radius 1 is 1.36 bits per heavy atom. The van der Waals surface area contributed by atoms with Crippen molar-refractivity contribution >= 4 is 11.8 Å². The molecule has 0 spiro atoms. The summed E-state index contributed by atoms with van der Waals surface area (Å²) >= 11 is 0. The smallest absolute Gasteiger partial charge is 0.310 e. The fourth-order valence-corrected chi connectivity index (χ4v) is 2.68. The van der Waals surface area contributed by atoms with Crippen LogP contribution in [-0.2, 0) is 9.53 Å². The van der Waals surface area contributed by atoms with Gasteiger partial charge in [-0.3, -0.25) is 14.5 Å². The highest BCUT2D eigenvalue weighted by Gasteiger charge is 2.27. The van der Waals surface area contributed by atoms with E-state index in [2.05, 4.69) is 0 Å². The Balaban J connectivity index is 1.93. The summed E-state index contributed by atoms with van der Waals surface area (Å²) in [6.07, 6.45) is 1.71. The number of ketones is 1. The van der Waals surface area contributed by atoms with Gasteiger partial charge in [0.15, 0.2) is 5.78 Å². The molecule has 1 unspecified atom stereocenters. The van der Waals surface area contributed by atoms with E-state index < -0.39 is 0 Å². The lowest BCUT2D eigenvalue weighted by Crippen LogP contribution is -2.41. The van der Waals surface area contributed by atoms with Crippen molar-refractivity contribution in [3.05, 3.63) is 35.4 Å². The molecule has 5 nitrogen and oxygen atoms in total. The number of hydrogen-bond acceptors (Lipinski definition) is 5. The predicted molar refractivity (Wildman–Crippen MR) is 81.3 cm³/mol. The molecule has 1 aromatic carbocycles. The Morgan fingerprint density at radius 3 is 2.73 bits per heavy atom. The first-order chi connectivity index (χ1) is 10.6. The van der Waals surface area contributed by atoms with Gasteiger partial charge < -0.3 is 4.74 Å². The maximum atomic E-state index is 12.3. The third-order valence-electron chi connectivity index (χ3n) is 3.83. The number of rotatable bonds is 5. The van der Waals surface area contributed by atoms with Crippen LogP contribution in [0.1, 0.15) is 35.7 Å². The lowest BCUT2D eigenvalue weighted by Gasteiger charge is -2.30. The molecule has 1 heterocycles. The Hall–Kier alpha value is -2.19. The predicted octanol–water partition coefficient (Wildman–Crippen LogP) is 2.02. The SMILES string of the molecule is CCOC(=O)C1CCCN(CC(=O)c2ccc(C#N)cc2)C1. The molecule has 116 valence electrons. The number of esters is 1. The molecule has 1 atom stereocenters. The van der Waals surface area contributed by atoms with Crippen LogP contribution in [0.4, 0.5) is 0 Å². The van der Waals surface area contributed by atoms with Crippen molar-refractivity contribution in [2.45, 2.75) is 19.8 Å². The molecule has 1 aliphatic rings. The zero-order valence-corrected chi connectivity index (χ0v) is 12.7. The molecule has 0 radical (unpaired) electrons. The van der Waals surface area contributed by atoms with Gasteiger partial charge in [-0.1, -0.05) is 12.1 Å². The van der Waals surface area contributed by atoms with Gasteiger partial charge in [-0.15, -0.1) is 0 Å². The minimum atomic E-state index is -0.168. The van der Waals surface area contributed by atoms with Gasteiger partial charge in [0.2, 0.25) is 0 Å². The van der Waals surface area contributed by atoms with E-state index in [9.17, 15) is 9.59 Å². The summed E-state index contributed by atoms with van der Waals surface area (Å²) in [5, 5.41) is 8.77. The van der Waals surface area contributed by atoms with Gasteiger partial charge in [0.25, 0.3) is 0 Å². The van der Waals surface area contributed by atoms with Crippen molar-refractivity contribution in [1.29, 1.82) is 5.26 Å². The molecule has 0 aliphatic carbocycles. The van der Waals surface area contributed by atoms with E-state index in [4.69, 9.17) is 10.00 Å². The number of benzene rings is 1. The van der Waals surface area contributed by atoms with Gasteiger partial charge in [0.05, 0.1) is 30.7 Å². The normalized spacial score (nSPS) is 18.5. The lowest BCUT2D eigenvalue weighted by atomic mass is 9.97. The van der Waals surface area contributed by atoms with E-state index in [1.54, 1.807) is 31.2 Å². The number of Topliss-reactive ketones (excluding diaryl/α,β-unsaturated/α-hetero) is 1. The number of carbonyl (C=O) groups is 2. The minimum Gasteiger partial charge on any atom is -0.466 e. The number of nitriles is 1. The van der Waals surface area contributed by atoms with Crippen molar-refractivity contribution in [1.82, 2.24) is 4.90 Å². The van der Waals surface area contributed by atoms with Crippen LogP contribution in [0.3, 0.4) is 0 Å². The average molecular weight is 300 g/mol. The summed E-state index contributed by atoms with van der Waals surface area (Å²) in [6.45, 7) is 3.87. The van der Waals surface area contributed by atoms with Gasteiger partial charge in [0, 0.05) is 12.1 Å². The van der Waals surface area contributed by atoms with Crippen molar-refractivity contribution in [3.8, 4) is 6.07 Å². The first-order valence-corrected chi connectivity index (χ1v) is 7.56. The monoisotopic (exact) mass is 300 g/mol. The molecule has 1 fully saturated rings. The first kappa shape index (κ1) is 16.2. The Bertz CT molecular complexity index is 575. The number of piperidine rings is 1. The van der Waals surface area contributed by atoms with E-state index >= 15 is 0 Å². The summed E-state index contributed by atoms with van der Waals surface area (Å²) in [6, 6.07) is 8.67. The summed E-state index contributed by atoms with van der Waals surface area (Å²) < 4.78 is 5.06. The van der Waals surface area contributed by atoms with E-state index in [1.807, 2.05) is 11.0 Å². The number of hydrogen-bond donors (Lipinski definition) is 0. The summed E-state index contributed by atoms with van der Waals surface area (Å²) in [5.74, 6) is -0.297. The second-order valence-corrected chi connectivity index (χ2v) is 5.44. The van der Waals surface area contributed by atoms with Gasteiger partial charge >= 0.3 is 5.97 Å². The topological polar surface area (TPSA) is 70.4 Å². The van der Waals surface area contributed by atoms with E-state index in [0.717, 1.165) is 19.4 Å². The molecular formula is C17H20N2O3. The average Bonchev–Trinajstić information content (AvgIpc) is 2.55. The number of nitrogens with zero attached hydrogens (tertiary/aromatic N) is 2. The molecule has 1 saturated heterocycles. The van der Waals surface area contributed by atoms with E-state index in [-0.39, 0.29) is 17.7 Å². The Kier molecular flexibility index (Phi) is 5.68. The molecule has 0 amide bonds. The highest BCUT2D eigenvalue weighted by molar-refractivity contribution is 5.97. The van der Waals surface area contributed by atoms with Crippen LogP contribution in [0, 0.1) is 17.2 Å². The van der Waals surface area contributed by atoms with Gasteiger partial charge in [0.1, 0.15) is 0 Å². The highest BCUT2D eigenvalue weighted by Crippen LogP contribution is 2.18. The molecule has 0 N–H and O–H groups in total. The Morgan fingerprint density at radius 2 is 2.09 bits per heavy atom. The number of ether oxygens (including phenoxy) is 1. The van der Waals surface area contributed by atoms with Gasteiger partial charge in [-0.05, 0) is 38.4 Å². The van der Waals surface area contributed by atoms with Crippen molar-refractivity contribution in [3.63, 3.8) is 0 Å². The minimum absolute atomic E-state index is 0.00833. The first-order valence-electron chi connectivity index (χ1n) is 7.56. The van der Waals surface area contributed by atoms with Crippen molar-refractivity contribution in [2.24, 2.45) is 5.92 Å². The molecule has 0 bridgehead atoms. The number of likely N-dealkylation sites (tertiary alicyclic amines) is 1. The molecular weight excluding hydrogens is 280 g/mol. The van der Waals surface area contributed by atoms with Crippen LogP contribution in [-0.4, -0.2) is 42.9 Å². The standard InChI is InChI=1S/C17H20N2O3/c1-2-22-17(21)15-4-3-9-19(11-15)12-16(20)14-7-5-13(10-18)6-8-14/h5-8,15H,2-4,9,11-12H2,1H3. The van der Waals surface area contributed by atoms with E-state index in [1.165, 1.54) is 0 Å². The summed E-state index contributed by atoms with van der Waals surface area (Å²) in [4.78, 5) is 26.1. The molecule has 1 aromatic rings. The Labute approximate surface area is 130 Å². The van der Waals surface area contributed by atoms with Crippen LogP contribution >= 0.6 is 0 Å². The largest absolute Gasteiger partial charge is 0.466 e. The van der Waals surface area contributed by atoms with Crippen LogP contribution in [0.5, 0.6) is 0 Å². The molecule has 2 rings (SSSR count). The molecule has 22 heavy (non-hydrogen) atoms. The molecule has 1 aliphatic heterocycles. The second-order valence-electron chi connectivity index (χ2n) is 5.44. The maximum Gasteiger partial charge on any atom is 0.310 e. The summed E-state index contributed by atoms with van der Waals surface area (Å²) in [7, 11) is 0. The molecule has 0 saturated carbocycles. The quantitative estimate of drug-likeness (QED) is 0.614. The lowest BCUT2D eigenvalue weighted by molar-refractivity contribution is -0.149. The third kappa shape index (κ3) is 4.15. The van der Waals surface area contributed by atoms with Crippen LogP contribution < -0.4 is 0 Å². The third-order valence-corrected chi connectivity index (χ3v) is 3.83. The second kappa shape index (κ2) is 7.71. The van der Waals surface area contributed by atoms with Gasteiger partial charge in [-0.2, -0.15) is 5.26 Å². The fourth-order valence-electron chi connectivity index (χ4n) is 2.68. The molecule has 0 aromatic heterocycles. The van der Waals surface area contributed by atoms with Gasteiger partial charge in [-0.25, -0.2) is 0 Å². The zero-order valence-electron chi connectivity index (χ0n) is 12.7. The number of carbonyl (C=O) groups excluding carboxylic acids is 2.